The average Bonchev–Trinajstić information content (AvgIpc) is 3.04. The summed E-state index contributed by atoms with van der Waals surface area (Å²) in [6, 6.07) is 4.22. The molecule has 0 bridgehead atoms. The van der Waals surface area contributed by atoms with Gasteiger partial charge in [-0.2, -0.15) is 5.10 Å². The van der Waals surface area contributed by atoms with Gasteiger partial charge in [-0.3, -0.25) is 14.5 Å². The van der Waals surface area contributed by atoms with Gasteiger partial charge >= 0.3 is 0 Å². The molecule has 26 heavy (non-hydrogen) atoms. The molecule has 1 atom stereocenters. The van der Waals surface area contributed by atoms with Gasteiger partial charge < -0.3 is 15.8 Å². The van der Waals surface area contributed by atoms with Gasteiger partial charge in [0.1, 0.15) is 5.69 Å². The first-order chi connectivity index (χ1) is 12.6. The third-order valence-corrected chi connectivity index (χ3v) is 5.18. The van der Waals surface area contributed by atoms with Gasteiger partial charge in [0.2, 0.25) is 0 Å². The summed E-state index contributed by atoms with van der Waals surface area (Å²) in [5.41, 5.74) is 10.4. The Morgan fingerprint density at radius 3 is 2.92 bits per heavy atom. The summed E-state index contributed by atoms with van der Waals surface area (Å²) in [6.45, 7) is 3.33. The standard InChI is InChI=1S/C19H25N5O2/c1-12-8-18(24(23-12)16-4-6-26-7-5-16)19(25)22-15-10-13-9-14(20)2-3-17(13)21-11-15/h8,10-11,14,16H,2-7,9,20H2,1H3,(H,22,25). The van der Waals surface area contributed by atoms with Crippen molar-refractivity contribution in [1.29, 1.82) is 0 Å². The van der Waals surface area contributed by atoms with Crippen molar-refractivity contribution in [2.45, 2.75) is 51.1 Å². The van der Waals surface area contributed by atoms with E-state index in [-0.39, 0.29) is 18.0 Å². The number of nitrogens with zero attached hydrogens (tertiary/aromatic N) is 3. The van der Waals surface area contributed by atoms with E-state index in [9.17, 15) is 4.79 Å². The number of hydrogen-bond acceptors (Lipinski definition) is 5. The lowest BCUT2D eigenvalue weighted by Gasteiger charge is -2.24. The van der Waals surface area contributed by atoms with Crippen LogP contribution in [0, 0.1) is 6.92 Å². The number of ether oxygens (including phenoxy) is 1. The minimum absolute atomic E-state index is 0.154. The topological polar surface area (TPSA) is 95.1 Å². The van der Waals surface area contributed by atoms with Crippen LogP contribution in [0.4, 0.5) is 5.69 Å². The van der Waals surface area contributed by atoms with Gasteiger partial charge in [0.25, 0.3) is 5.91 Å². The first kappa shape index (κ1) is 17.2. The number of carbonyl (C=O) groups excluding carboxylic acids is 1. The third kappa shape index (κ3) is 3.50. The highest BCUT2D eigenvalue weighted by molar-refractivity contribution is 6.03. The minimum atomic E-state index is -0.154. The van der Waals surface area contributed by atoms with Crippen molar-refractivity contribution >= 4 is 11.6 Å². The number of nitrogens with one attached hydrogen (secondary N) is 1. The average molecular weight is 355 g/mol. The zero-order valence-electron chi connectivity index (χ0n) is 15.1. The molecule has 0 aromatic carbocycles. The van der Waals surface area contributed by atoms with Crippen LogP contribution in [0.1, 0.15) is 52.7 Å². The second-order valence-corrected chi connectivity index (χ2v) is 7.25. The van der Waals surface area contributed by atoms with E-state index < -0.39 is 0 Å². The number of nitrogens with two attached hydrogens (primary N) is 1. The molecule has 1 unspecified atom stereocenters. The van der Waals surface area contributed by atoms with Crippen LogP contribution < -0.4 is 11.1 Å². The van der Waals surface area contributed by atoms with Gasteiger partial charge in [-0.25, -0.2) is 0 Å². The molecule has 1 saturated heterocycles. The molecule has 1 fully saturated rings. The Hall–Kier alpha value is -2.25. The summed E-state index contributed by atoms with van der Waals surface area (Å²) in [5, 5.41) is 7.53. The van der Waals surface area contributed by atoms with Crippen LogP contribution in [0.2, 0.25) is 0 Å². The number of hydrogen-bond donors (Lipinski definition) is 2. The molecule has 138 valence electrons. The predicted octanol–water partition coefficient (Wildman–Crippen LogP) is 2.01. The van der Waals surface area contributed by atoms with Gasteiger partial charge in [-0.1, -0.05) is 0 Å². The third-order valence-electron chi connectivity index (χ3n) is 5.18. The molecule has 0 radical (unpaired) electrons. The van der Waals surface area contributed by atoms with Crippen LogP contribution in [0.3, 0.4) is 0 Å². The Kier molecular flexibility index (Phi) is 4.74. The quantitative estimate of drug-likeness (QED) is 0.878. The summed E-state index contributed by atoms with van der Waals surface area (Å²) in [5.74, 6) is -0.154. The largest absolute Gasteiger partial charge is 0.381 e. The van der Waals surface area contributed by atoms with Gasteiger partial charge in [0.15, 0.2) is 0 Å². The van der Waals surface area contributed by atoms with Crippen molar-refractivity contribution < 1.29 is 9.53 Å². The van der Waals surface area contributed by atoms with Crippen molar-refractivity contribution in [2.75, 3.05) is 18.5 Å². The second kappa shape index (κ2) is 7.17. The van der Waals surface area contributed by atoms with Crippen LogP contribution in [0.15, 0.2) is 18.3 Å². The predicted molar refractivity (Wildman–Crippen MR) is 98.2 cm³/mol. The molecule has 2 aromatic heterocycles. The Labute approximate surface area is 152 Å². The first-order valence-corrected chi connectivity index (χ1v) is 9.29. The van der Waals surface area contributed by atoms with E-state index in [2.05, 4.69) is 15.4 Å². The van der Waals surface area contributed by atoms with E-state index in [4.69, 9.17) is 10.5 Å². The number of pyridine rings is 1. The fraction of sp³-hybridized carbons (Fsp3) is 0.526. The summed E-state index contributed by atoms with van der Waals surface area (Å²) in [6.07, 6.45) is 6.16. The molecule has 3 N–H and O–H groups in total. The molecule has 0 spiro atoms. The van der Waals surface area contributed by atoms with Crippen molar-refractivity contribution in [3.63, 3.8) is 0 Å². The molecule has 4 rings (SSSR count). The lowest BCUT2D eigenvalue weighted by Crippen LogP contribution is -2.28. The zero-order chi connectivity index (χ0) is 18.1. The molecular formula is C19H25N5O2. The lowest BCUT2D eigenvalue weighted by atomic mass is 9.92. The smallest absolute Gasteiger partial charge is 0.273 e. The molecule has 1 aliphatic carbocycles. The maximum Gasteiger partial charge on any atom is 0.273 e. The van der Waals surface area contributed by atoms with Crippen molar-refractivity contribution in [2.24, 2.45) is 5.73 Å². The molecule has 0 saturated carbocycles. The highest BCUT2D eigenvalue weighted by Crippen LogP contribution is 2.25. The number of rotatable bonds is 3. The van der Waals surface area contributed by atoms with Crippen LogP contribution in [-0.4, -0.2) is 39.9 Å². The van der Waals surface area contributed by atoms with Crippen LogP contribution >= 0.6 is 0 Å². The molecule has 7 nitrogen and oxygen atoms in total. The van der Waals surface area contributed by atoms with Crippen molar-refractivity contribution in [3.8, 4) is 0 Å². The fourth-order valence-corrected chi connectivity index (χ4v) is 3.80. The summed E-state index contributed by atoms with van der Waals surface area (Å²) in [4.78, 5) is 17.4. The highest BCUT2D eigenvalue weighted by Gasteiger charge is 2.23. The number of amides is 1. The van der Waals surface area contributed by atoms with E-state index in [1.165, 1.54) is 0 Å². The maximum atomic E-state index is 12.9. The Morgan fingerprint density at radius 2 is 2.12 bits per heavy atom. The highest BCUT2D eigenvalue weighted by atomic mass is 16.5. The zero-order valence-corrected chi connectivity index (χ0v) is 15.1. The number of carbonyl (C=O) groups is 1. The summed E-state index contributed by atoms with van der Waals surface area (Å²) >= 11 is 0. The van der Waals surface area contributed by atoms with Gasteiger partial charge in [0, 0.05) is 24.9 Å². The van der Waals surface area contributed by atoms with E-state index >= 15 is 0 Å². The Morgan fingerprint density at radius 1 is 1.31 bits per heavy atom. The molecule has 1 aliphatic heterocycles. The number of aromatic nitrogens is 3. The second-order valence-electron chi connectivity index (χ2n) is 7.25. The van der Waals surface area contributed by atoms with Crippen LogP contribution in [0.25, 0.3) is 0 Å². The normalized spacial score (nSPS) is 20.6. The monoisotopic (exact) mass is 355 g/mol. The van der Waals surface area contributed by atoms with Crippen LogP contribution in [-0.2, 0) is 17.6 Å². The van der Waals surface area contributed by atoms with Gasteiger partial charge in [-0.05, 0) is 56.7 Å². The number of anilines is 1. The number of fused-ring (bicyclic) bond motifs is 1. The molecule has 1 amide bonds. The molecule has 7 heteroatoms. The Bertz CT molecular complexity index is 810. The molecule has 3 heterocycles. The Balaban J connectivity index is 1.54. The van der Waals surface area contributed by atoms with E-state index in [1.54, 1.807) is 6.20 Å². The summed E-state index contributed by atoms with van der Waals surface area (Å²) in [7, 11) is 0. The fourth-order valence-electron chi connectivity index (χ4n) is 3.80. The van der Waals surface area contributed by atoms with Crippen molar-refractivity contribution in [3.05, 3.63) is 41.0 Å². The van der Waals surface area contributed by atoms with Crippen molar-refractivity contribution in [1.82, 2.24) is 14.8 Å². The van der Waals surface area contributed by atoms with Gasteiger partial charge in [0.05, 0.1) is 23.6 Å². The molecule has 2 aliphatic rings. The molecular weight excluding hydrogens is 330 g/mol. The van der Waals surface area contributed by atoms with Gasteiger partial charge in [-0.15, -0.1) is 0 Å². The van der Waals surface area contributed by atoms with E-state index in [0.29, 0.717) is 24.6 Å². The van der Waals surface area contributed by atoms with E-state index in [0.717, 1.165) is 49.1 Å². The first-order valence-electron chi connectivity index (χ1n) is 9.29. The summed E-state index contributed by atoms with van der Waals surface area (Å²) < 4.78 is 7.28. The van der Waals surface area contributed by atoms with E-state index in [1.807, 2.05) is 23.7 Å². The lowest BCUT2D eigenvalue weighted by molar-refractivity contribution is 0.0646. The molecule has 2 aromatic rings. The SMILES string of the molecule is Cc1cc(C(=O)Nc2cnc3c(c2)CC(N)CC3)n(C2CCOCC2)n1. The maximum absolute atomic E-state index is 12.9. The van der Waals surface area contributed by atoms with Crippen LogP contribution in [0.5, 0.6) is 0 Å². The number of aryl methyl sites for hydroxylation is 2. The minimum Gasteiger partial charge on any atom is -0.381 e.